The molecule has 1 heterocycles. The summed E-state index contributed by atoms with van der Waals surface area (Å²) in [4.78, 5) is 0. The van der Waals surface area contributed by atoms with Gasteiger partial charge in [-0.2, -0.15) is 11.8 Å². The van der Waals surface area contributed by atoms with Gasteiger partial charge in [-0.15, -0.1) is 0 Å². The van der Waals surface area contributed by atoms with Gasteiger partial charge in [0.2, 0.25) is 0 Å². The van der Waals surface area contributed by atoms with Gasteiger partial charge < -0.3 is 14.5 Å². The van der Waals surface area contributed by atoms with E-state index in [2.05, 4.69) is 17.4 Å². The van der Waals surface area contributed by atoms with Crippen LogP contribution in [0.3, 0.4) is 0 Å². The molecule has 4 heteroatoms. The average Bonchev–Trinajstić information content (AvgIpc) is 2.97. The van der Waals surface area contributed by atoms with Crippen LogP contribution in [-0.2, 0) is 5.75 Å². The lowest BCUT2D eigenvalue weighted by molar-refractivity contribution is 0.413. The summed E-state index contributed by atoms with van der Waals surface area (Å²) in [5.74, 6) is 3.80. The quantitative estimate of drug-likeness (QED) is 0.840. The first kappa shape index (κ1) is 14.0. The van der Waals surface area contributed by atoms with Gasteiger partial charge in [0.1, 0.15) is 11.5 Å². The molecular formula is C15H19NO2S. The van der Waals surface area contributed by atoms with Crippen molar-refractivity contribution < 1.29 is 9.15 Å². The Balaban J connectivity index is 1.91. The fourth-order valence-electron chi connectivity index (χ4n) is 1.88. The van der Waals surface area contributed by atoms with Crippen molar-refractivity contribution in [2.45, 2.75) is 11.8 Å². The van der Waals surface area contributed by atoms with E-state index in [1.54, 1.807) is 13.4 Å². The summed E-state index contributed by atoms with van der Waals surface area (Å²) < 4.78 is 10.6. The minimum atomic E-state index is 0.315. The van der Waals surface area contributed by atoms with Crippen LogP contribution in [0.5, 0.6) is 5.75 Å². The van der Waals surface area contributed by atoms with Gasteiger partial charge in [-0.05, 0) is 36.9 Å². The summed E-state index contributed by atoms with van der Waals surface area (Å²) in [6, 6.07) is 12.4. The fourth-order valence-corrected chi connectivity index (χ4v) is 2.95. The van der Waals surface area contributed by atoms with Crippen LogP contribution < -0.4 is 10.1 Å². The Morgan fingerprint density at radius 3 is 2.89 bits per heavy atom. The van der Waals surface area contributed by atoms with Crippen molar-refractivity contribution in [3.05, 3.63) is 54.0 Å². The lowest BCUT2D eigenvalue weighted by Crippen LogP contribution is -2.18. The van der Waals surface area contributed by atoms with Gasteiger partial charge in [0.05, 0.1) is 19.1 Å². The number of furan rings is 1. The van der Waals surface area contributed by atoms with Crippen molar-refractivity contribution in [2.24, 2.45) is 0 Å². The first-order valence-corrected chi connectivity index (χ1v) is 7.40. The lowest BCUT2D eigenvalue weighted by atomic mass is 10.1. The van der Waals surface area contributed by atoms with Crippen molar-refractivity contribution in [1.82, 2.24) is 5.32 Å². The molecule has 0 aliphatic rings. The zero-order valence-electron chi connectivity index (χ0n) is 11.3. The number of nitrogens with one attached hydrogen (secondary N) is 1. The van der Waals surface area contributed by atoms with Crippen molar-refractivity contribution in [3.8, 4) is 5.75 Å². The second-order valence-electron chi connectivity index (χ2n) is 4.21. The number of ether oxygens (including phenoxy) is 1. The first-order chi connectivity index (χ1) is 9.33. The molecule has 0 saturated heterocycles. The van der Waals surface area contributed by atoms with Crippen molar-refractivity contribution in [1.29, 1.82) is 0 Å². The van der Waals surface area contributed by atoms with Crippen LogP contribution in [0.25, 0.3) is 0 Å². The van der Waals surface area contributed by atoms with E-state index in [9.17, 15) is 0 Å². The summed E-state index contributed by atoms with van der Waals surface area (Å²) in [7, 11) is 3.68. The largest absolute Gasteiger partial charge is 0.497 e. The molecule has 0 fully saturated rings. The van der Waals surface area contributed by atoms with Crippen LogP contribution in [-0.4, -0.2) is 19.9 Å². The number of thioether (sulfide) groups is 1. The molecule has 0 bridgehead atoms. The molecule has 0 aliphatic heterocycles. The molecule has 1 unspecified atom stereocenters. The highest BCUT2D eigenvalue weighted by Crippen LogP contribution is 2.24. The summed E-state index contributed by atoms with van der Waals surface area (Å²) >= 11 is 1.85. The molecule has 0 saturated carbocycles. The monoisotopic (exact) mass is 277 g/mol. The second kappa shape index (κ2) is 7.26. The molecule has 1 aromatic carbocycles. The first-order valence-electron chi connectivity index (χ1n) is 6.25. The Labute approximate surface area is 118 Å². The van der Waals surface area contributed by atoms with Gasteiger partial charge in [0.25, 0.3) is 0 Å². The molecule has 1 aromatic heterocycles. The summed E-state index contributed by atoms with van der Waals surface area (Å²) in [6.45, 7) is 0. The van der Waals surface area contributed by atoms with Gasteiger partial charge in [-0.25, -0.2) is 0 Å². The second-order valence-corrected chi connectivity index (χ2v) is 5.24. The Hall–Kier alpha value is -1.39. The lowest BCUT2D eigenvalue weighted by Gasteiger charge is -2.16. The normalized spacial score (nSPS) is 12.3. The maximum Gasteiger partial charge on any atom is 0.119 e. The molecular weight excluding hydrogens is 258 g/mol. The van der Waals surface area contributed by atoms with Gasteiger partial charge in [-0.1, -0.05) is 12.1 Å². The Morgan fingerprint density at radius 1 is 1.32 bits per heavy atom. The van der Waals surface area contributed by atoms with Crippen LogP contribution in [0.15, 0.2) is 47.1 Å². The van der Waals surface area contributed by atoms with Crippen molar-refractivity contribution >= 4 is 11.8 Å². The zero-order chi connectivity index (χ0) is 13.5. The number of benzene rings is 1. The van der Waals surface area contributed by atoms with Crippen molar-refractivity contribution in [3.63, 3.8) is 0 Å². The van der Waals surface area contributed by atoms with E-state index in [4.69, 9.17) is 9.15 Å². The third kappa shape index (κ3) is 4.04. The smallest absolute Gasteiger partial charge is 0.119 e. The highest BCUT2D eigenvalue weighted by atomic mass is 32.2. The van der Waals surface area contributed by atoms with Crippen LogP contribution in [0.2, 0.25) is 0 Å². The summed E-state index contributed by atoms with van der Waals surface area (Å²) in [5.41, 5.74) is 1.24. The van der Waals surface area contributed by atoms with Crippen LogP contribution in [0.1, 0.15) is 17.4 Å². The predicted octanol–water partition coefficient (Wildman–Crippen LogP) is 3.48. The summed E-state index contributed by atoms with van der Waals surface area (Å²) in [6.07, 6.45) is 1.72. The number of hydrogen-bond donors (Lipinski definition) is 1. The molecule has 3 nitrogen and oxygen atoms in total. The number of rotatable bonds is 7. The molecule has 19 heavy (non-hydrogen) atoms. The SMILES string of the molecule is CNC(CSCc1ccco1)c1cccc(OC)c1. The molecule has 2 aromatic rings. The topological polar surface area (TPSA) is 34.4 Å². The molecule has 2 rings (SSSR count). The highest BCUT2D eigenvalue weighted by Gasteiger charge is 2.10. The maximum atomic E-state index is 5.33. The Kier molecular flexibility index (Phi) is 5.36. The van der Waals surface area contributed by atoms with E-state index < -0.39 is 0 Å². The number of methoxy groups -OCH3 is 1. The van der Waals surface area contributed by atoms with Crippen LogP contribution >= 0.6 is 11.8 Å². The fraction of sp³-hybridized carbons (Fsp3) is 0.333. The molecule has 1 atom stereocenters. The van der Waals surface area contributed by atoms with E-state index in [1.165, 1.54) is 5.56 Å². The average molecular weight is 277 g/mol. The van der Waals surface area contributed by atoms with Gasteiger partial charge >= 0.3 is 0 Å². The minimum Gasteiger partial charge on any atom is -0.497 e. The van der Waals surface area contributed by atoms with E-state index >= 15 is 0 Å². The molecule has 0 spiro atoms. The molecule has 1 N–H and O–H groups in total. The molecule has 102 valence electrons. The van der Waals surface area contributed by atoms with Crippen LogP contribution in [0, 0.1) is 0 Å². The maximum absolute atomic E-state index is 5.33. The number of hydrogen-bond acceptors (Lipinski definition) is 4. The highest BCUT2D eigenvalue weighted by molar-refractivity contribution is 7.98. The van der Waals surface area contributed by atoms with E-state index in [0.717, 1.165) is 23.0 Å². The van der Waals surface area contributed by atoms with Gasteiger partial charge in [-0.3, -0.25) is 0 Å². The van der Waals surface area contributed by atoms with Gasteiger partial charge in [0.15, 0.2) is 0 Å². The van der Waals surface area contributed by atoms with E-state index in [1.807, 2.05) is 43.1 Å². The Bertz CT molecular complexity index is 485. The Morgan fingerprint density at radius 2 is 2.21 bits per heavy atom. The molecule has 0 radical (unpaired) electrons. The third-order valence-electron chi connectivity index (χ3n) is 2.95. The van der Waals surface area contributed by atoms with E-state index in [0.29, 0.717) is 6.04 Å². The zero-order valence-corrected chi connectivity index (χ0v) is 12.1. The van der Waals surface area contributed by atoms with Crippen LogP contribution in [0.4, 0.5) is 0 Å². The van der Waals surface area contributed by atoms with E-state index in [-0.39, 0.29) is 0 Å². The summed E-state index contributed by atoms with van der Waals surface area (Å²) in [5, 5.41) is 3.34. The standard InChI is InChI=1S/C15H19NO2S/c1-16-15(11-19-10-14-7-4-8-18-14)12-5-3-6-13(9-12)17-2/h3-9,15-16H,10-11H2,1-2H3. The predicted molar refractivity (Wildman–Crippen MR) is 79.7 cm³/mol. The molecule has 0 amide bonds. The minimum absolute atomic E-state index is 0.315. The molecule has 0 aliphatic carbocycles. The van der Waals surface area contributed by atoms with Gasteiger partial charge in [0, 0.05) is 11.8 Å². The van der Waals surface area contributed by atoms with Crippen molar-refractivity contribution in [2.75, 3.05) is 19.9 Å². The third-order valence-corrected chi connectivity index (χ3v) is 4.01.